The lowest BCUT2D eigenvalue weighted by atomic mass is 9.78. The number of fused-ring (bicyclic) bond motifs is 1. The van der Waals surface area contributed by atoms with Crippen LogP contribution in [0.25, 0.3) is 6.08 Å². The molecule has 0 spiro atoms. The zero-order valence-corrected chi connectivity index (χ0v) is 12.9. The summed E-state index contributed by atoms with van der Waals surface area (Å²) in [4.78, 5) is 0. The first-order valence-electron chi connectivity index (χ1n) is 8.06. The molecule has 108 valence electrons. The molecule has 22 heavy (non-hydrogen) atoms. The summed E-state index contributed by atoms with van der Waals surface area (Å²) in [6, 6.07) is 19.8. The average molecular weight is 284 g/mol. The van der Waals surface area contributed by atoms with Crippen LogP contribution in [0.15, 0.2) is 84.0 Å². The number of allylic oxidation sites excluding steroid dienone is 5. The van der Waals surface area contributed by atoms with Crippen LogP contribution in [0, 0.1) is 0 Å². The molecule has 0 aliphatic heterocycles. The summed E-state index contributed by atoms with van der Waals surface area (Å²) in [5.74, 6) is 0.947. The van der Waals surface area contributed by atoms with Gasteiger partial charge in [0.1, 0.15) is 0 Å². The van der Waals surface area contributed by atoms with E-state index in [4.69, 9.17) is 0 Å². The largest absolute Gasteiger partial charge is 0.0801 e. The van der Waals surface area contributed by atoms with E-state index in [1.807, 2.05) is 0 Å². The maximum atomic E-state index is 2.40. The quantitative estimate of drug-likeness (QED) is 0.662. The monoisotopic (exact) mass is 284 g/mol. The van der Waals surface area contributed by atoms with Crippen molar-refractivity contribution in [1.82, 2.24) is 0 Å². The van der Waals surface area contributed by atoms with E-state index in [9.17, 15) is 0 Å². The summed E-state index contributed by atoms with van der Waals surface area (Å²) in [5.41, 5.74) is 7.26. The zero-order chi connectivity index (χ0) is 14.9. The molecule has 0 saturated carbocycles. The first-order chi connectivity index (χ1) is 10.8. The highest BCUT2D eigenvalue weighted by atomic mass is 14.3. The van der Waals surface area contributed by atoms with E-state index >= 15 is 0 Å². The Morgan fingerprint density at radius 2 is 1.73 bits per heavy atom. The first-order valence-corrected chi connectivity index (χ1v) is 8.06. The molecule has 2 unspecified atom stereocenters. The van der Waals surface area contributed by atoms with E-state index in [1.54, 1.807) is 0 Å². The first kappa shape index (κ1) is 13.3. The van der Waals surface area contributed by atoms with Gasteiger partial charge in [-0.1, -0.05) is 85.8 Å². The predicted molar refractivity (Wildman–Crippen MR) is 93.9 cm³/mol. The summed E-state index contributed by atoms with van der Waals surface area (Å²) in [5, 5.41) is 0. The molecular weight excluding hydrogens is 264 g/mol. The van der Waals surface area contributed by atoms with Gasteiger partial charge in [0.15, 0.2) is 0 Å². The third-order valence-electron chi connectivity index (χ3n) is 4.94. The van der Waals surface area contributed by atoms with Gasteiger partial charge in [-0.25, -0.2) is 0 Å². The Labute approximate surface area is 132 Å². The van der Waals surface area contributed by atoms with E-state index in [0.29, 0.717) is 11.8 Å². The minimum absolute atomic E-state index is 0.463. The van der Waals surface area contributed by atoms with Crippen molar-refractivity contribution in [3.8, 4) is 0 Å². The normalized spacial score (nSPS) is 20.5. The van der Waals surface area contributed by atoms with Crippen molar-refractivity contribution in [3.05, 3.63) is 101 Å². The molecule has 0 fully saturated rings. The van der Waals surface area contributed by atoms with Crippen LogP contribution in [0.1, 0.15) is 41.9 Å². The van der Waals surface area contributed by atoms with Gasteiger partial charge in [-0.05, 0) is 40.2 Å². The van der Waals surface area contributed by atoms with Crippen molar-refractivity contribution < 1.29 is 0 Å². The molecule has 0 saturated heterocycles. The Balaban J connectivity index is 1.79. The fourth-order valence-electron chi connectivity index (χ4n) is 3.79. The molecule has 0 N–H and O–H groups in total. The standard InChI is InChI=1S/C22H20/c1-16(17-9-3-2-4-10-17)22-20-14-8-7-13-19(20)15-21(22)18-11-5-6-12-18/h2-11,13-16,22H,12H2,1H3. The SMILES string of the molecule is CC(c1ccccc1)C1C(C2=CC=CC2)=Cc2ccccc21. The maximum Gasteiger partial charge on any atom is 0.0164 e. The van der Waals surface area contributed by atoms with Crippen molar-refractivity contribution in [2.24, 2.45) is 0 Å². The smallest absolute Gasteiger partial charge is 0.0164 e. The van der Waals surface area contributed by atoms with E-state index in [0.717, 1.165) is 6.42 Å². The topological polar surface area (TPSA) is 0 Å². The van der Waals surface area contributed by atoms with Crippen molar-refractivity contribution in [2.45, 2.75) is 25.2 Å². The van der Waals surface area contributed by atoms with Gasteiger partial charge >= 0.3 is 0 Å². The van der Waals surface area contributed by atoms with Crippen molar-refractivity contribution in [3.63, 3.8) is 0 Å². The highest BCUT2D eigenvalue weighted by molar-refractivity contribution is 5.72. The lowest BCUT2D eigenvalue weighted by Crippen LogP contribution is -2.10. The van der Waals surface area contributed by atoms with Crippen molar-refractivity contribution in [2.75, 3.05) is 0 Å². The Morgan fingerprint density at radius 1 is 0.955 bits per heavy atom. The van der Waals surface area contributed by atoms with Gasteiger partial charge in [-0.15, -0.1) is 0 Å². The van der Waals surface area contributed by atoms with Crippen molar-refractivity contribution >= 4 is 6.08 Å². The summed E-state index contributed by atoms with van der Waals surface area (Å²) in [6.45, 7) is 2.36. The van der Waals surface area contributed by atoms with Gasteiger partial charge in [-0.2, -0.15) is 0 Å². The fourth-order valence-corrected chi connectivity index (χ4v) is 3.79. The number of hydrogen-bond donors (Lipinski definition) is 0. The third kappa shape index (κ3) is 2.16. The van der Waals surface area contributed by atoms with Gasteiger partial charge in [0.25, 0.3) is 0 Å². The Bertz CT molecular complexity index is 775. The van der Waals surface area contributed by atoms with Crippen LogP contribution in [-0.2, 0) is 0 Å². The molecule has 0 radical (unpaired) electrons. The molecule has 0 bridgehead atoms. The highest BCUT2D eigenvalue weighted by Crippen LogP contribution is 2.48. The lowest BCUT2D eigenvalue weighted by molar-refractivity contribution is 0.659. The van der Waals surface area contributed by atoms with E-state index in [2.05, 4.69) is 85.8 Å². The van der Waals surface area contributed by atoms with E-state index < -0.39 is 0 Å². The molecule has 0 nitrogen and oxygen atoms in total. The summed E-state index contributed by atoms with van der Waals surface area (Å²) in [6.07, 6.45) is 10.2. The fraction of sp³-hybridized carbons (Fsp3) is 0.182. The highest BCUT2D eigenvalue weighted by Gasteiger charge is 2.32. The van der Waals surface area contributed by atoms with E-state index in [1.165, 1.54) is 27.8 Å². The zero-order valence-electron chi connectivity index (χ0n) is 12.9. The van der Waals surface area contributed by atoms with Crippen LogP contribution in [0.5, 0.6) is 0 Å². The van der Waals surface area contributed by atoms with Gasteiger partial charge in [0.2, 0.25) is 0 Å². The molecule has 2 atom stereocenters. The molecule has 0 aromatic heterocycles. The van der Waals surface area contributed by atoms with Crippen LogP contribution in [0.4, 0.5) is 0 Å². The predicted octanol–water partition coefficient (Wildman–Crippen LogP) is 5.86. The van der Waals surface area contributed by atoms with Crippen LogP contribution >= 0.6 is 0 Å². The van der Waals surface area contributed by atoms with Crippen molar-refractivity contribution in [1.29, 1.82) is 0 Å². The number of hydrogen-bond acceptors (Lipinski definition) is 0. The molecule has 0 heterocycles. The van der Waals surface area contributed by atoms with Gasteiger partial charge in [0, 0.05) is 5.92 Å². The lowest BCUT2D eigenvalue weighted by Gasteiger charge is -2.25. The minimum Gasteiger partial charge on any atom is -0.0801 e. The maximum absolute atomic E-state index is 2.40. The number of rotatable bonds is 3. The summed E-state index contributed by atoms with van der Waals surface area (Å²) in [7, 11) is 0. The molecule has 2 aromatic carbocycles. The van der Waals surface area contributed by atoms with Crippen LogP contribution in [0.2, 0.25) is 0 Å². The summed E-state index contributed by atoms with van der Waals surface area (Å²) >= 11 is 0. The number of benzene rings is 2. The second-order valence-electron chi connectivity index (χ2n) is 6.23. The molecule has 2 aliphatic carbocycles. The molecule has 2 aromatic rings. The Hall–Kier alpha value is -2.34. The minimum atomic E-state index is 0.463. The van der Waals surface area contributed by atoms with Crippen LogP contribution in [0.3, 0.4) is 0 Å². The van der Waals surface area contributed by atoms with Crippen LogP contribution < -0.4 is 0 Å². The molecule has 0 heteroatoms. The molecule has 2 aliphatic rings. The van der Waals surface area contributed by atoms with Gasteiger partial charge in [0.05, 0.1) is 0 Å². The van der Waals surface area contributed by atoms with Gasteiger partial charge in [-0.3, -0.25) is 0 Å². The second kappa shape index (κ2) is 5.46. The molecular formula is C22H20. The molecule has 4 rings (SSSR count). The second-order valence-corrected chi connectivity index (χ2v) is 6.23. The van der Waals surface area contributed by atoms with E-state index in [-0.39, 0.29) is 0 Å². The third-order valence-corrected chi connectivity index (χ3v) is 4.94. The average Bonchev–Trinajstić information content (AvgIpc) is 3.22. The van der Waals surface area contributed by atoms with Crippen LogP contribution in [-0.4, -0.2) is 0 Å². The Kier molecular flexibility index (Phi) is 3.31. The summed E-state index contributed by atoms with van der Waals surface area (Å²) < 4.78 is 0. The molecule has 0 amide bonds. The van der Waals surface area contributed by atoms with Gasteiger partial charge < -0.3 is 0 Å². The Morgan fingerprint density at radius 3 is 2.50 bits per heavy atom.